The molecule has 8 heteroatoms. The van der Waals surface area contributed by atoms with Crippen LogP contribution in [0.2, 0.25) is 0 Å². The molecule has 3 aromatic rings. The lowest BCUT2D eigenvalue weighted by molar-refractivity contribution is -0.114. The molecule has 3 N–H and O–H groups in total. The summed E-state index contributed by atoms with van der Waals surface area (Å²) >= 11 is 0. The van der Waals surface area contributed by atoms with Crippen molar-refractivity contribution in [3.8, 4) is 5.69 Å². The van der Waals surface area contributed by atoms with Crippen LogP contribution in [0.15, 0.2) is 47.5 Å². The summed E-state index contributed by atoms with van der Waals surface area (Å²) in [4.78, 5) is 42.3. The van der Waals surface area contributed by atoms with Gasteiger partial charge in [0.25, 0.3) is 11.5 Å². The topological polar surface area (TPSA) is 109 Å². The minimum absolute atomic E-state index is 0.210. The zero-order valence-electron chi connectivity index (χ0n) is 16.6. The van der Waals surface area contributed by atoms with Gasteiger partial charge in [-0.1, -0.05) is 0 Å². The third-order valence-electron chi connectivity index (χ3n) is 4.48. The Kier molecular flexibility index (Phi) is 5.92. The smallest absolute Gasteiger partial charge is 0.253 e. The molecule has 0 aliphatic carbocycles. The maximum atomic E-state index is 13.0. The molecule has 0 bridgehead atoms. The highest BCUT2D eigenvalue weighted by molar-refractivity contribution is 6.00. The molecule has 0 saturated carbocycles. The van der Waals surface area contributed by atoms with E-state index in [9.17, 15) is 14.4 Å². The summed E-state index contributed by atoms with van der Waals surface area (Å²) in [5.74, 6) is -0.484. The van der Waals surface area contributed by atoms with Gasteiger partial charge in [0.15, 0.2) is 0 Å². The summed E-state index contributed by atoms with van der Waals surface area (Å²) in [6.45, 7) is 5.68. The Hall–Kier alpha value is -3.68. The molecular weight excluding hydrogens is 370 g/mol. The lowest BCUT2D eigenvalue weighted by Crippen LogP contribution is -2.27. The Morgan fingerprint density at radius 2 is 1.83 bits per heavy atom. The molecule has 2 amide bonds. The van der Waals surface area contributed by atoms with Crippen molar-refractivity contribution in [2.45, 2.75) is 27.2 Å². The van der Waals surface area contributed by atoms with Crippen molar-refractivity contribution in [1.82, 2.24) is 19.9 Å². The minimum atomic E-state index is -0.274. The third kappa shape index (κ3) is 4.78. The second kappa shape index (κ2) is 8.55. The van der Waals surface area contributed by atoms with E-state index in [0.29, 0.717) is 29.9 Å². The first kappa shape index (κ1) is 20.1. The Labute approximate surface area is 168 Å². The second-order valence-corrected chi connectivity index (χ2v) is 6.77. The summed E-state index contributed by atoms with van der Waals surface area (Å²) in [6.07, 6.45) is 1.77. The van der Waals surface area contributed by atoms with Crippen molar-refractivity contribution < 1.29 is 9.59 Å². The van der Waals surface area contributed by atoms with Crippen LogP contribution in [0.5, 0.6) is 0 Å². The molecule has 0 atom stereocenters. The maximum Gasteiger partial charge on any atom is 0.253 e. The van der Waals surface area contributed by atoms with E-state index >= 15 is 0 Å². The van der Waals surface area contributed by atoms with Gasteiger partial charge in [-0.15, -0.1) is 0 Å². The fraction of sp³-hybridized carbons (Fsp3) is 0.238. The van der Waals surface area contributed by atoms with E-state index in [-0.39, 0.29) is 17.4 Å². The second-order valence-electron chi connectivity index (χ2n) is 6.77. The van der Waals surface area contributed by atoms with E-state index in [1.165, 1.54) is 19.3 Å². The predicted octanol–water partition coefficient (Wildman–Crippen LogP) is 2.11. The molecule has 0 spiro atoms. The highest BCUT2D eigenvalue weighted by Gasteiger charge is 2.16. The van der Waals surface area contributed by atoms with Crippen molar-refractivity contribution in [3.63, 3.8) is 0 Å². The minimum Gasteiger partial charge on any atom is -0.352 e. The van der Waals surface area contributed by atoms with Gasteiger partial charge >= 0.3 is 0 Å². The van der Waals surface area contributed by atoms with E-state index < -0.39 is 0 Å². The summed E-state index contributed by atoms with van der Waals surface area (Å²) < 4.78 is 1.99. The van der Waals surface area contributed by atoms with E-state index in [2.05, 4.69) is 20.6 Å². The SMILES string of the molecule is CC(=O)Nc1ccc(-n2c(C)ccc2C)c(C(=O)NCCc2cc(=O)[nH]cn2)c1. The molecule has 3 rings (SSSR count). The zero-order chi connectivity index (χ0) is 21.0. The van der Waals surface area contributed by atoms with Crippen LogP contribution in [0.1, 0.15) is 34.4 Å². The third-order valence-corrected chi connectivity index (χ3v) is 4.48. The fourth-order valence-electron chi connectivity index (χ4n) is 3.19. The molecule has 0 aliphatic heterocycles. The van der Waals surface area contributed by atoms with E-state index in [1.54, 1.807) is 12.1 Å². The largest absolute Gasteiger partial charge is 0.352 e. The van der Waals surface area contributed by atoms with Crippen LogP contribution in [0, 0.1) is 13.8 Å². The van der Waals surface area contributed by atoms with Gasteiger partial charge in [0.1, 0.15) is 0 Å². The van der Waals surface area contributed by atoms with E-state index in [4.69, 9.17) is 0 Å². The standard InChI is InChI=1S/C21H23N5O3/c1-13-4-5-14(2)26(13)19-7-6-17(25-15(3)27)10-18(19)21(29)22-9-8-16-11-20(28)24-12-23-16/h4-7,10-12H,8-9H2,1-3H3,(H,22,29)(H,25,27)(H,23,24,28). The molecule has 0 radical (unpaired) electrons. The molecule has 2 aromatic heterocycles. The van der Waals surface area contributed by atoms with Gasteiger partial charge in [0.2, 0.25) is 5.91 Å². The molecule has 2 heterocycles. The zero-order valence-corrected chi connectivity index (χ0v) is 16.6. The molecule has 0 fully saturated rings. The van der Waals surface area contributed by atoms with Gasteiger partial charge in [0.05, 0.1) is 17.6 Å². The molecule has 1 aromatic carbocycles. The lowest BCUT2D eigenvalue weighted by Gasteiger charge is -2.16. The number of H-pyrrole nitrogens is 1. The van der Waals surface area contributed by atoms with E-state index in [0.717, 1.165) is 17.1 Å². The molecule has 0 saturated heterocycles. The van der Waals surface area contributed by atoms with Crippen molar-refractivity contribution >= 4 is 17.5 Å². The average molecular weight is 393 g/mol. The summed E-state index contributed by atoms with van der Waals surface area (Å²) in [5.41, 5.74) is 4.07. The lowest BCUT2D eigenvalue weighted by atomic mass is 10.1. The van der Waals surface area contributed by atoms with E-state index in [1.807, 2.05) is 36.6 Å². The number of carbonyl (C=O) groups is 2. The number of carbonyl (C=O) groups excluding carboxylic acids is 2. The highest BCUT2D eigenvalue weighted by atomic mass is 16.2. The number of aryl methyl sites for hydroxylation is 2. The number of aromatic nitrogens is 3. The number of amides is 2. The normalized spacial score (nSPS) is 10.6. The van der Waals surface area contributed by atoms with Crippen molar-refractivity contribution in [2.24, 2.45) is 0 Å². The summed E-state index contributed by atoms with van der Waals surface area (Å²) in [6, 6.07) is 10.6. The number of aromatic amines is 1. The molecular formula is C21H23N5O3. The van der Waals surface area contributed by atoms with Gasteiger partial charge in [-0.3, -0.25) is 14.4 Å². The molecule has 0 aliphatic rings. The highest BCUT2D eigenvalue weighted by Crippen LogP contribution is 2.24. The summed E-state index contributed by atoms with van der Waals surface area (Å²) in [5, 5.41) is 5.59. The number of hydrogen-bond donors (Lipinski definition) is 3. The van der Waals surface area contributed by atoms with Gasteiger partial charge in [0, 0.05) is 48.7 Å². The van der Waals surface area contributed by atoms with Gasteiger partial charge in [-0.25, -0.2) is 4.98 Å². The predicted molar refractivity (Wildman–Crippen MR) is 110 cm³/mol. The van der Waals surface area contributed by atoms with Crippen LogP contribution in [0.25, 0.3) is 5.69 Å². The van der Waals surface area contributed by atoms with Gasteiger partial charge in [-0.05, 0) is 44.2 Å². The molecule has 8 nitrogen and oxygen atoms in total. The number of hydrogen-bond acceptors (Lipinski definition) is 4. The monoisotopic (exact) mass is 393 g/mol. The molecule has 150 valence electrons. The summed E-state index contributed by atoms with van der Waals surface area (Å²) in [7, 11) is 0. The van der Waals surface area contributed by atoms with Gasteiger partial charge < -0.3 is 20.2 Å². The van der Waals surface area contributed by atoms with Crippen LogP contribution in [-0.2, 0) is 11.2 Å². The first-order chi connectivity index (χ1) is 13.8. The first-order valence-electron chi connectivity index (χ1n) is 9.24. The Balaban J connectivity index is 1.87. The van der Waals surface area contributed by atoms with Gasteiger partial charge in [-0.2, -0.15) is 0 Å². The van der Waals surface area contributed by atoms with Crippen LogP contribution in [0.3, 0.4) is 0 Å². The fourth-order valence-corrected chi connectivity index (χ4v) is 3.19. The van der Waals surface area contributed by atoms with Crippen LogP contribution >= 0.6 is 0 Å². The number of anilines is 1. The number of nitrogens with one attached hydrogen (secondary N) is 3. The van der Waals surface area contributed by atoms with Crippen molar-refractivity contribution in [3.05, 3.63) is 75.7 Å². The number of rotatable bonds is 6. The van der Waals surface area contributed by atoms with Crippen LogP contribution in [0.4, 0.5) is 5.69 Å². The number of nitrogens with zero attached hydrogens (tertiary/aromatic N) is 2. The molecule has 29 heavy (non-hydrogen) atoms. The maximum absolute atomic E-state index is 13.0. The quantitative estimate of drug-likeness (QED) is 0.596. The Morgan fingerprint density at radius 1 is 1.10 bits per heavy atom. The Morgan fingerprint density at radius 3 is 2.48 bits per heavy atom. The van der Waals surface area contributed by atoms with Crippen molar-refractivity contribution in [2.75, 3.05) is 11.9 Å². The van der Waals surface area contributed by atoms with Crippen LogP contribution in [-0.4, -0.2) is 32.9 Å². The number of benzene rings is 1. The van der Waals surface area contributed by atoms with Crippen LogP contribution < -0.4 is 16.2 Å². The average Bonchev–Trinajstić information content (AvgIpc) is 2.99. The van der Waals surface area contributed by atoms with Crippen molar-refractivity contribution in [1.29, 1.82) is 0 Å². The first-order valence-corrected chi connectivity index (χ1v) is 9.24. The molecule has 0 unspecified atom stereocenters. The Bertz CT molecular complexity index is 1090.